The fraction of sp³-hybridized carbons (Fsp3) is 0.533. The van der Waals surface area contributed by atoms with E-state index >= 15 is 0 Å². The summed E-state index contributed by atoms with van der Waals surface area (Å²) in [6, 6.07) is 5.10. The molecule has 0 aliphatic heterocycles. The van der Waals surface area contributed by atoms with E-state index in [1.54, 1.807) is 18.2 Å². The van der Waals surface area contributed by atoms with Gasteiger partial charge in [-0.3, -0.25) is 4.79 Å². The highest BCUT2D eigenvalue weighted by atomic mass is 35.5. The lowest BCUT2D eigenvalue weighted by Crippen LogP contribution is -2.00. The lowest BCUT2D eigenvalue weighted by Gasteiger charge is -2.04. The Morgan fingerprint density at radius 2 is 1.83 bits per heavy atom. The maximum absolute atomic E-state index is 11.9. The van der Waals surface area contributed by atoms with Crippen molar-refractivity contribution in [3.63, 3.8) is 0 Å². The second-order valence-electron chi connectivity index (χ2n) is 4.68. The van der Waals surface area contributed by atoms with Crippen molar-refractivity contribution in [3.05, 3.63) is 28.8 Å². The topological polar surface area (TPSA) is 43.1 Å². The average Bonchev–Trinajstić information content (AvgIpc) is 2.36. The molecule has 0 saturated heterocycles. The molecule has 3 heteroatoms. The van der Waals surface area contributed by atoms with Gasteiger partial charge in [-0.2, -0.15) is 0 Å². The monoisotopic (exact) mass is 267 g/mol. The summed E-state index contributed by atoms with van der Waals surface area (Å²) in [5, 5.41) is 0.506. The van der Waals surface area contributed by atoms with E-state index in [4.69, 9.17) is 17.3 Å². The molecule has 0 heterocycles. The molecule has 0 aromatic heterocycles. The number of nitrogens with two attached hydrogens (primary N) is 1. The van der Waals surface area contributed by atoms with E-state index in [1.807, 2.05) is 0 Å². The van der Waals surface area contributed by atoms with Crippen molar-refractivity contribution in [1.29, 1.82) is 0 Å². The van der Waals surface area contributed by atoms with E-state index in [-0.39, 0.29) is 5.78 Å². The van der Waals surface area contributed by atoms with E-state index in [0.717, 1.165) is 12.8 Å². The van der Waals surface area contributed by atoms with Crippen molar-refractivity contribution in [3.8, 4) is 0 Å². The molecule has 1 aromatic carbocycles. The highest BCUT2D eigenvalue weighted by Crippen LogP contribution is 2.21. The summed E-state index contributed by atoms with van der Waals surface area (Å²) < 4.78 is 0. The Kier molecular flexibility index (Phi) is 6.81. The fourth-order valence-electron chi connectivity index (χ4n) is 1.93. The van der Waals surface area contributed by atoms with Gasteiger partial charge >= 0.3 is 0 Å². The fourth-order valence-corrected chi connectivity index (χ4v) is 2.04. The molecule has 0 unspecified atom stereocenters. The van der Waals surface area contributed by atoms with Crippen LogP contribution in [0.2, 0.25) is 5.02 Å². The van der Waals surface area contributed by atoms with Gasteiger partial charge < -0.3 is 5.73 Å². The Bertz CT molecular complexity index is 390. The first-order chi connectivity index (χ1) is 8.65. The minimum Gasteiger partial charge on any atom is -0.398 e. The summed E-state index contributed by atoms with van der Waals surface area (Å²) in [5.74, 6) is 0.161. The normalized spacial score (nSPS) is 10.6. The predicted octanol–water partition coefficient (Wildman–Crippen LogP) is 4.86. The smallest absolute Gasteiger partial charge is 0.162 e. The number of hydrogen-bond acceptors (Lipinski definition) is 2. The first-order valence-corrected chi connectivity index (χ1v) is 7.11. The standard InChI is InChI=1S/C15H22ClNO/c1-2-3-4-5-6-7-8-15(18)12-9-10-13(16)14(17)11-12/h9-11H,2-8,17H2,1H3. The Morgan fingerprint density at radius 3 is 2.50 bits per heavy atom. The maximum Gasteiger partial charge on any atom is 0.162 e. The highest BCUT2D eigenvalue weighted by Gasteiger charge is 2.07. The summed E-state index contributed by atoms with van der Waals surface area (Å²) >= 11 is 5.82. The lowest BCUT2D eigenvalue weighted by atomic mass is 10.0. The Morgan fingerprint density at radius 1 is 1.17 bits per heavy atom. The second-order valence-corrected chi connectivity index (χ2v) is 5.08. The first-order valence-electron chi connectivity index (χ1n) is 6.73. The van der Waals surface area contributed by atoms with Crippen LogP contribution in [0.1, 0.15) is 62.2 Å². The van der Waals surface area contributed by atoms with Crippen LogP contribution in [0, 0.1) is 0 Å². The number of ketones is 1. The molecule has 0 saturated carbocycles. The zero-order valence-electron chi connectivity index (χ0n) is 11.0. The van der Waals surface area contributed by atoms with Crippen molar-refractivity contribution in [2.45, 2.75) is 51.9 Å². The minimum atomic E-state index is 0.161. The largest absolute Gasteiger partial charge is 0.398 e. The molecule has 1 rings (SSSR count). The summed E-state index contributed by atoms with van der Waals surface area (Å²) in [5.41, 5.74) is 6.83. The van der Waals surface area contributed by atoms with Crippen LogP contribution in [0.25, 0.3) is 0 Å². The molecular weight excluding hydrogens is 246 g/mol. The van der Waals surface area contributed by atoms with Crippen LogP contribution in [0.15, 0.2) is 18.2 Å². The lowest BCUT2D eigenvalue weighted by molar-refractivity contribution is 0.0979. The molecule has 18 heavy (non-hydrogen) atoms. The van der Waals surface area contributed by atoms with E-state index in [9.17, 15) is 4.79 Å². The van der Waals surface area contributed by atoms with Crippen LogP contribution >= 0.6 is 11.6 Å². The van der Waals surface area contributed by atoms with E-state index in [1.165, 1.54) is 25.7 Å². The van der Waals surface area contributed by atoms with Crippen molar-refractivity contribution >= 4 is 23.1 Å². The summed E-state index contributed by atoms with van der Waals surface area (Å²) in [7, 11) is 0. The van der Waals surface area contributed by atoms with Gasteiger partial charge in [0.15, 0.2) is 5.78 Å². The number of carbonyl (C=O) groups is 1. The molecule has 2 N–H and O–H groups in total. The molecule has 0 radical (unpaired) electrons. The number of rotatable bonds is 8. The summed E-state index contributed by atoms with van der Waals surface area (Å²) in [6.45, 7) is 2.20. The number of hydrogen-bond donors (Lipinski definition) is 1. The molecule has 0 bridgehead atoms. The van der Waals surface area contributed by atoms with Crippen molar-refractivity contribution in [2.75, 3.05) is 5.73 Å². The van der Waals surface area contributed by atoms with Gasteiger partial charge in [0.05, 0.1) is 10.7 Å². The van der Waals surface area contributed by atoms with Crippen LogP contribution < -0.4 is 5.73 Å². The predicted molar refractivity (Wildman–Crippen MR) is 78.2 cm³/mol. The van der Waals surface area contributed by atoms with Gasteiger partial charge in [-0.05, 0) is 24.6 Å². The SMILES string of the molecule is CCCCCCCCC(=O)c1ccc(Cl)c(N)c1. The van der Waals surface area contributed by atoms with Crippen molar-refractivity contribution < 1.29 is 4.79 Å². The molecular formula is C15H22ClNO. The van der Waals surface area contributed by atoms with Gasteiger partial charge in [0.2, 0.25) is 0 Å². The Balaban J connectivity index is 2.30. The van der Waals surface area contributed by atoms with Crippen molar-refractivity contribution in [2.24, 2.45) is 0 Å². The molecule has 100 valence electrons. The molecule has 0 atom stereocenters. The third-order valence-corrected chi connectivity index (χ3v) is 3.42. The number of unbranched alkanes of at least 4 members (excludes halogenated alkanes) is 5. The van der Waals surface area contributed by atoms with Gasteiger partial charge in [0.1, 0.15) is 0 Å². The Hall–Kier alpha value is -1.02. The third kappa shape index (κ3) is 5.09. The first kappa shape index (κ1) is 15.0. The Labute approximate surface area is 115 Å². The zero-order valence-corrected chi connectivity index (χ0v) is 11.8. The van der Waals surface area contributed by atoms with Crippen LogP contribution in [-0.2, 0) is 0 Å². The number of carbonyl (C=O) groups excluding carboxylic acids is 1. The van der Waals surface area contributed by atoms with Crippen molar-refractivity contribution in [1.82, 2.24) is 0 Å². The molecule has 0 amide bonds. The van der Waals surface area contributed by atoms with Gasteiger partial charge in [-0.15, -0.1) is 0 Å². The van der Waals surface area contributed by atoms with E-state index in [0.29, 0.717) is 22.7 Å². The number of nitrogen functional groups attached to an aromatic ring is 1. The second kappa shape index (κ2) is 8.15. The minimum absolute atomic E-state index is 0.161. The summed E-state index contributed by atoms with van der Waals surface area (Å²) in [4.78, 5) is 11.9. The van der Waals surface area contributed by atoms with Crippen LogP contribution in [0.4, 0.5) is 5.69 Å². The number of Topliss-reactive ketones (excluding diaryl/α,β-unsaturated/α-hetero) is 1. The van der Waals surface area contributed by atoms with Gasteiger partial charge in [-0.1, -0.05) is 50.6 Å². The molecule has 0 aliphatic carbocycles. The van der Waals surface area contributed by atoms with Gasteiger partial charge in [-0.25, -0.2) is 0 Å². The van der Waals surface area contributed by atoms with Crippen LogP contribution in [-0.4, -0.2) is 5.78 Å². The molecule has 2 nitrogen and oxygen atoms in total. The van der Waals surface area contributed by atoms with Crippen LogP contribution in [0.5, 0.6) is 0 Å². The summed E-state index contributed by atoms with van der Waals surface area (Å²) in [6.07, 6.45) is 7.75. The van der Waals surface area contributed by atoms with E-state index < -0.39 is 0 Å². The quantitative estimate of drug-likeness (QED) is 0.415. The zero-order chi connectivity index (χ0) is 13.4. The molecule has 0 aliphatic rings. The number of benzene rings is 1. The highest BCUT2D eigenvalue weighted by molar-refractivity contribution is 6.33. The average molecular weight is 268 g/mol. The molecule has 0 fully saturated rings. The van der Waals surface area contributed by atoms with Crippen LogP contribution in [0.3, 0.4) is 0 Å². The molecule has 0 spiro atoms. The third-order valence-electron chi connectivity index (χ3n) is 3.08. The van der Waals surface area contributed by atoms with E-state index in [2.05, 4.69) is 6.92 Å². The maximum atomic E-state index is 11.9. The van der Waals surface area contributed by atoms with Gasteiger partial charge in [0, 0.05) is 12.0 Å². The number of halogens is 1. The number of anilines is 1. The van der Waals surface area contributed by atoms with Gasteiger partial charge in [0.25, 0.3) is 0 Å². The molecule has 1 aromatic rings.